The zero-order chi connectivity index (χ0) is 15.2. The summed E-state index contributed by atoms with van der Waals surface area (Å²) in [7, 11) is 0. The molecule has 0 N–H and O–H groups in total. The number of piperidine rings is 1. The Balaban J connectivity index is 1.80. The van der Waals surface area contributed by atoms with Gasteiger partial charge in [-0.25, -0.2) is 0 Å². The summed E-state index contributed by atoms with van der Waals surface area (Å²) in [5.41, 5.74) is -0.783. The van der Waals surface area contributed by atoms with Crippen molar-refractivity contribution in [3.05, 3.63) is 29.6 Å². The summed E-state index contributed by atoms with van der Waals surface area (Å²) in [6.07, 6.45) is -0.441. The number of fused-ring (bicyclic) bond motifs is 2. The van der Waals surface area contributed by atoms with Crippen LogP contribution in [0, 0.1) is 0 Å². The molecule has 0 saturated carbocycles. The van der Waals surface area contributed by atoms with E-state index in [4.69, 9.17) is 11.6 Å². The SMILES string of the molecule is O=C(c1ccc(C(F)(F)F)cn1)N1C2CCC1CC(Cl)C2. The molecule has 2 saturated heterocycles. The zero-order valence-electron chi connectivity index (χ0n) is 11.1. The predicted octanol–water partition coefficient (Wildman–Crippen LogP) is 3.47. The van der Waals surface area contributed by atoms with Crippen LogP contribution in [0.5, 0.6) is 0 Å². The van der Waals surface area contributed by atoms with Gasteiger partial charge >= 0.3 is 6.18 Å². The second kappa shape index (κ2) is 5.16. The standard InChI is InChI=1S/C14H14ClF3N2O/c15-9-5-10-2-3-11(6-9)20(10)13(21)12-4-1-8(7-19-12)14(16,17)18/h1,4,7,9-11H,2-3,5-6H2. The van der Waals surface area contributed by atoms with Gasteiger partial charge in [0, 0.05) is 23.7 Å². The van der Waals surface area contributed by atoms with Crippen LogP contribution in [0.15, 0.2) is 18.3 Å². The lowest BCUT2D eigenvalue weighted by molar-refractivity contribution is -0.137. The molecule has 0 spiro atoms. The second-order valence-electron chi connectivity index (χ2n) is 5.60. The fourth-order valence-corrected chi connectivity index (χ4v) is 3.67. The fraction of sp³-hybridized carbons (Fsp3) is 0.571. The van der Waals surface area contributed by atoms with E-state index in [-0.39, 0.29) is 29.1 Å². The maximum absolute atomic E-state index is 12.5. The molecule has 2 aliphatic heterocycles. The van der Waals surface area contributed by atoms with Crippen LogP contribution in [0.1, 0.15) is 41.7 Å². The highest BCUT2D eigenvalue weighted by Gasteiger charge is 2.43. The number of hydrogen-bond acceptors (Lipinski definition) is 2. The number of carbonyl (C=O) groups excluding carboxylic acids is 1. The van der Waals surface area contributed by atoms with Crippen molar-refractivity contribution >= 4 is 17.5 Å². The Bertz CT molecular complexity index is 532. The molecule has 0 aliphatic carbocycles. The number of pyridine rings is 1. The van der Waals surface area contributed by atoms with Crippen molar-refractivity contribution in [2.75, 3.05) is 0 Å². The van der Waals surface area contributed by atoms with Gasteiger partial charge in [-0.3, -0.25) is 9.78 Å². The molecule has 2 atom stereocenters. The van der Waals surface area contributed by atoms with Crippen LogP contribution >= 0.6 is 11.6 Å². The van der Waals surface area contributed by atoms with Crippen molar-refractivity contribution in [3.8, 4) is 0 Å². The summed E-state index contributed by atoms with van der Waals surface area (Å²) in [6, 6.07) is 2.22. The minimum atomic E-state index is -4.44. The number of hydrogen-bond donors (Lipinski definition) is 0. The van der Waals surface area contributed by atoms with E-state index in [1.807, 2.05) is 0 Å². The molecule has 3 nitrogen and oxygen atoms in total. The molecule has 7 heteroatoms. The number of halogens is 4. The molecule has 3 rings (SSSR count). The lowest BCUT2D eigenvalue weighted by Gasteiger charge is -2.36. The Morgan fingerprint density at radius 3 is 2.33 bits per heavy atom. The van der Waals surface area contributed by atoms with Crippen molar-refractivity contribution in [2.24, 2.45) is 0 Å². The van der Waals surface area contributed by atoms with Gasteiger partial charge in [-0.15, -0.1) is 11.6 Å². The molecular formula is C14H14ClF3N2O. The van der Waals surface area contributed by atoms with Crippen LogP contribution in [0.4, 0.5) is 13.2 Å². The number of aromatic nitrogens is 1. The number of alkyl halides is 4. The number of rotatable bonds is 1. The first-order valence-corrected chi connectivity index (χ1v) is 7.30. The van der Waals surface area contributed by atoms with Gasteiger partial charge in [-0.2, -0.15) is 13.2 Å². The zero-order valence-corrected chi connectivity index (χ0v) is 11.9. The van der Waals surface area contributed by atoms with Crippen molar-refractivity contribution < 1.29 is 18.0 Å². The lowest BCUT2D eigenvalue weighted by Crippen LogP contribution is -2.47. The van der Waals surface area contributed by atoms with Crippen LogP contribution < -0.4 is 0 Å². The van der Waals surface area contributed by atoms with Crippen LogP contribution in [0.2, 0.25) is 0 Å². The van der Waals surface area contributed by atoms with E-state index in [0.717, 1.165) is 37.8 Å². The molecule has 1 aromatic heterocycles. The van der Waals surface area contributed by atoms with Crippen molar-refractivity contribution in [1.29, 1.82) is 0 Å². The van der Waals surface area contributed by atoms with E-state index in [2.05, 4.69) is 4.98 Å². The van der Waals surface area contributed by atoms with Crippen LogP contribution in [-0.4, -0.2) is 33.3 Å². The van der Waals surface area contributed by atoms with Gasteiger partial charge in [0.25, 0.3) is 5.91 Å². The van der Waals surface area contributed by atoms with E-state index in [1.54, 1.807) is 4.90 Å². The fourth-order valence-electron chi connectivity index (χ4n) is 3.26. The largest absolute Gasteiger partial charge is 0.417 e. The molecule has 2 aliphatic rings. The average Bonchev–Trinajstić information content (AvgIpc) is 2.69. The Morgan fingerprint density at radius 2 is 1.86 bits per heavy atom. The van der Waals surface area contributed by atoms with Gasteiger partial charge in [0.05, 0.1) is 5.56 Å². The molecule has 3 heterocycles. The Kier molecular flexibility index (Phi) is 3.59. The first-order valence-electron chi connectivity index (χ1n) is 6.86. The third-order valence-corrected chi connectivity index (χ3v) is 4.58. The number of nitrogens with zero attached hydrogens (tertiary/aromatic N) is 2. The highest BCUT2D eigenvalue weighted by molar-refractivity contribution is 6.20. The molecular weight excluding hydrogens is 305 g/mol. The maximum Gasteiger partial charge on any atom is 0.417 e. The summed E-state index contributed by atoms with van der Waals surface area (Å²) in [5.74, 6) is -0.292. The van der Waals surface area contributed by atoms with E-state index >= 15 is 0 Å². The number of amides is 1. The van der Waals surface area contributed by atoms with E-state index in [9.17, 15) is 18.0 Å². The van der Waals surface area contributed by atoms with Crippen LogP contribution in [0.25, 0.3) is 0 Å². The molecule has 21 heavy (non-hydrogen) atoms. The van der Waals surface area contributed by atoms with Gasteiger partial charge in [-0.1, -0.05) is 0 Å². The molecule has 114 valence electrons. The van der Waals surface area contributed by atoms with Crippen molar-refractivity contribution in [1.82, 2.24) is 9.88 Å². The molecule has 2 unspecified atom stereocenters. The van der Waals surface area contributed by atoms with Gasteiger partial charge in [0.15, 0.2) is 0 Å². The summed E-state index contributed by atoms with van der Waals surface area (Å²) < 4.78 is 37.5. The minimum Gasteiger partial charge on any atom is -0.331 e. The molecule has 0 aromatic carbocycles. The molecule has 1 aromatic rings. The van der Waals surface area contributed by atoms with Crippen molar-refractivity contribution in [2.45, 2.75) is 49.3 Å². The molecule has 2 fully saturated rings. The molecule has 1 amide bonds. The normalized spacial score (nSPS) is 28.8. The lowest BCUT2D eigenvalue weighted by atomic mass is 10.0. The first kappa shape index (κ1) is 14.6. The number of carbonyl (C=O) groups is 1. The third kappa shape index (κ3) is 2.73. The Hall–Kier alpha value is -1.30. The minimum absolute atomic E-state index is 0.0629. The summed E-state index contributed by atoms with van der Waals surface area (Å²) >= 11 is 6.15. The van der Waals surface area contributed by atoms with Crippen LogP contribution in [-0.2, 0) is 6.18 Å². The first-order chi connectivity index (χ1) is 9.86. The van der Waals surface area contributed by atoms with Gasteiger partial charge in [0.2, 0.25) is 0 Å². The Morgan fingerprint density at radius 1 is 1.24 bits per heavy atom. The van der Waals surface area contributed by atoms with Gasteiger partial charge in [0.1, 0.15) is 5.69 Å². The van der Waals surface area contributed by atoms with E-state index < -0.39 is 11.7 Å². The summed E-state index contributed by atoms with van der Waals surface area (Å²) in [4.78, 5) is 17.9. The molecule has 0 radical (unpaired) electrons. The van der Waals surface area contributed by atoms with Gasteiger partial charge < -0.3 is 4.90 Å². The van der Waals surface area contributed by atoms with E-state index in [1.165, 1.54) is 0 Å². The average molecular weight is 319 g/mol. The maximum atomic E-state index is 12.5. The van der Waals surface area contributed by atoms with Crippen molar-refractivity contribution in [3.63, 3.8) is 0 Å². The highest BCUT2D eigenvalue weighted by atomic mass is 35.5. The molecule has 2 bridgehead atoms. The second-order valence-corrected chi connectivity index (χ2v) is 6.21. The predicted molar refractivity (Wildman–Crippen MR) is 71.1 cm³/mol. The van der Waals surface area contributed by atoms with Crippen LogP contribution in [0.3, 0.4) is 0 Å². The smallest absolute Gasteiger partial charge is 0.331 e. The van der Waals surface area contributed by atoms with E-state index in [0.29, 0.717) is 6.20 Å². The Labute approximate surface area is 125 Å². The summed E-state index contributed by atoms with van der Waals surface area (Å²) in [5, 5.41) is 0.0760. The monoisotopic (exact) mass is 318 g/mol. The topological polar surface area (TPSA) is 33.2 Å². The van der Waals surface area contributed by atoms with Gasteiger partial charge in [-0.05, 0) is 37.8 Å². The highest BCUT2D eigenvalue weighted by Crippen LogP contribution is 2.38. The quantitative estimate of drug-likeness (QED) is 0.743. The summed E-state index contributed by atoms with van der Waals surface area (Å²) in [6.45, 7) is 0. The third-order valence-electron chi connectivity index (χ3n) is 4.22.